The van der Waals surface area contributed by atoms with Gasteiger partial charge in [-0.15, -0.1) is 0 Å². The maximum Gasteiger partial charge on any atom is 0.0580 e. The maximum atomic E-state index is 9.99. The van der Waals surface area contributed by atoms with Crippen molar-refractivity contribution >= 4 is 0 Å². The first-order chi connectivity index (χ1) is 8.27. The zero-order chi connectivity index (χ0) is 11.7. The van der Waals surface area contributed by atoms with Crippen molar-refractivity contribution in [3.8, 4) is 0 Å². The van der Waals surface area contributed by atoms with E-state index in [9.17, 15) is 5.11 Å². The summed E-state index contributed by atoms with van der Waals surface area (Å²) in [4.78, 5) is 2.56. The highest BCUT2D eigenvalue weighted by molar-refractivity contribution is 4.97. The van der Waals surface area contributed by atoms with Gasteiger partial charge in [-0.1, -0.05) is 12.8 Å². The summed E-state index contributed by atoms with van der Waals surface area (Å²) < 4.78 is 5.44. The van der Waals surface area contributed by atoms with Crippen LogP contribution in [0.5, 0.6) is 0 Å². The van der Waals surface area contributed by atoms with Crippen molar-refractivity contribution in [2.45, 2.75) is 44.6 Å². The summed E-state index contributed by atoms with van der Waals surface area (Å²) in [6, 6.07) is 0. The van der Waals surface area contributed by atoms with Crippen molar-refractivity contribution in [2.24, 2.45) is 11.3 Å². The predicted octanol–water partition coefficient (Wildman–Crippen LogP) is 1.65. The summed E-state index contributed by atoms with van der Waals surface area (Å²) >= 11 is 0. The predicted molar refractivity (Wildman–Crippen MR) is 66.9 cm³/mol. The van der Waals surface area contributed by atoms with Crippen LogP contribution in [-0.2, 0) is 4.74 Å². The van der Waals surface area contributed by atoms with Gasteiger partial charge in [-0.3, -0.25) is 0 Å². The second-order valence-corrected chi connectivity index (χ2v) is 6.39. The molecule has 3 nitrogen and oxygen atoms in total. The Kier molecular flexibility index (Phi) is 3.42. The first kappa shape index (κ1) is 11.9. The molecule has 0 aromatic carbocycles. The Hall–Kier alpha value is -0.120. The van der Waals surface area contributed by atoms with Gasteiger partial charge in [0.1, 0.15) is 0 Å². The number of hydrogen-bond acceptors (Lipinski definition) is 3. The molecule has 2 aliphatic heterocycles. The van der Waals surface area contributed by atoms with Gasteiger partial charge in [0.15, 0.2) is 0 Å². The lowest BCUT2D eigenvalue weighted by Gasteiger charge is -2.53. The number of aliphatic hydroxyl groups is 1. The SMILES string of the molecule is OC1CCCCC1CN1CC2(CCOCC2)C1. The largest absolute Gasteiger partial charge is 0.393 e. The molecule has 98 valence electrons. The monoisotopic (exact) mass is 239 g/mol. The molecule has 0 aromatic rings. The Balaban J connectivity index is 1.45. The molecule has 2 unspecified atom stereocenters. The number of likely N-dealkylation sites (tertiary alicyclic amines) is 1. The van der Waals surface area contributed by atoms with Gasteiger partial charge in [-0.25, -0.2) is 0 Å². The molecule has 1 aliphatic carbocycles. The topological polar surface area (TPSA) is 32.7 Å². The molecular formula is C14H25NO2. The first-order valence-corrected chi connectivity index (χ1v) is 7.26. The Morgan fingerprint density at radius 1 is 1.12 bits per heavy atom. The molecule has 1 N–H and O–H groups in total. The zero-order valence-electron chi connectivity index (χ0n) is 10.7. The maximum absolute atomic E-state index is 9.99. The third-order valence-corrected chi connectivity index (χ3v) is 5.03. The van der Waals surface area contributed by atoms with E-state index < -0.39 is 0 Å². The Bertz CT molecular complexity index is 255. The van der Waals surface area contributed by atoms with Crippen LogP contribution in [0.15, 0.2) is 0 Å². The lowest BCUT2D eigenvalue weighted by atomic mass is 9.72. The van der Waals surface area contributed by atoms with Crippen LogP contribution in [0.25, 0.3) is 0 Å². The van der Waals surface area contributed by atoms with Crippen LogP contribution < -0.4 is 0 Å². The quantitative estimate of drug-likeness (QED) is 0.795. The van der Waals surface area contributed by atoms with E-state index in [-0.39, 0.29) is 6.10 Å². The lowest BCUT2D eigenvalue weighted by Crippen LogP contribution is -2.59. The summed E-state index contributed by atoms with van der Waals surface area (Å²) in [5.74, 6) is 0.543. The summed E-state index contributed by atoms with van der Waals surface area (Å²) in [5, 5.41) is 9.99. The van der Waals surface area contributed by atoms with Gasteiger partial charge in [0.05, 0.1) is 6.10 Å². The number of rotatable bonds is 2. The highest BCUT2D eigenvalue weighted by Crippen LogP contribution is 2.40. The first-order valence-electron chi connectivity index (χ1n) is 7.26. The minimum atomic E-state index is -0.0324. The van der Waals surface area contributed by atoms with E-state index in [1.807, 2.05) is 0 Å². The fraction of sp³-hybridized carbons (Fsp3) is 1.00. The van der Waals surface area contributed by atoms with E-state index in [1.165, 1.54) is 45.2 Å². The summed E-state index contributed by atoms with van der Waals surface area (Å²) in [7, 11) is 0. The molecule has 3 aliphatic rings. The average Bonchev–Trinajstić information content (AvgIpc) is 2.31. The average molecular weight is 239 g/mol. The summed E-state index contributed by atoms with van der Waals surface area (Å²) in [5.41, 5.74) is 0.581. The molecule has 2 heterocycles. The third kappa shape index (κ3) is 2.51. The zero-order valence-corrected chi connectivity index (χ0v) is 10.7. The number of nitrogens with zero attached hydrogens (tertiary/aromatic N) is 1. The van der Waals surface area contributed by atoms with Crippen LogP contribution in [0.4, 0.5) is 0 Å². The normalized spacial score (nSPS) is 37.9. The number of ether oxygens (including phenoxy) is 1. The highest BCUT2D eigenvalue weighted by Gasteiger charge is 2.44. The van der Waals surface area contributed by atoms with Crippen molar-refractivity contribution in [1.29, 1.82) is 0 Å². The Morgan fingerprint density at radius 2 is 1.82 bits per heavy atom. The molecule has 2 atom stereocenters. The second kappa shape index (κ2) is 4.87. The highest BCUT2D eigenvalue weighted by atomic mass is 16.5. The Labute approximate surface area is 104 Å². The van der Waals surface area contributed by atoms with Crippen LogP contribution in [0.1, 0.15) is 38.5 Å². The molecule has 3 fully saturated rings. The lowest BCUT2D eigenvalue weighted by molar-refractivity contribution is -0.0934. The van der Waals surface area contributed by atoms with Gasteiger partial charge in [-0.2, -0.15) is 0 Å². The van der Waals surface area contributed by atoms with Crippen molar-refractivity contribution in [3.05, 3.63) is 0 Å². The smallest absolute Gasteiger partial charge is 0.0580 e. The molecule has 0 amide bonds. The Morgan fingerprint density at radius 3 is 2.53 bits per heavy atom. The van der Waals surface area contributed by atoms with Crippen LogP contribution in [0.2, 0.25) is 0 Å². The molecule has 3 heteroatoms. The molecule has 17 heavy (non-hydrogen) atoms. The molecule has 0 radical (unpaired) electrons. The fourth-order valence-electron chi connectivity index (χ4n) is 3.88. The van der Waals surface area contributed by atoms with Gasteiger partial charge in [-0.05, 0) is 31.6 Å². The molecule has 2 saturated heterocycles. The third-order valence-electron chi connectivity index (χ3n) is 5.03. The molecular weight excluding hydrogens is 214 g/mol. The van der Waals surface area contributed by atoms with Crippen LogP contribution in [0.3, 0.4) is 0 Å². The minimum Gasteiger partial charge on any atom is -0.393 e. The van der Waals surface area contributed by atoms with Gasteiger partial charge < -0.3 is 14.7 Å². The standard InChI is InChI=1S/C14H25NO2/c16-13-4-2-1-3-12(13)9-15-10-14(11-15)5-7-17-8-6-14/h12-13,16H,1-11H2. The van der Waals surface area contributed by atoms with E-state index in [0.717, 1.165) is 26.2 Å². The van der Waals surface area contributed by atoms with Crippen LogP contribution in [-0.4, -0.2) is 49.0 Å². The number of hydrogen-bond donors (Lipinski definition) is 1. The number of aliphatic hydroxyl groups excluding tert-OH is 1. The molecule has 1 spiro atoms. The van der Waals surface area contributed by atoms with Crippen molar-refractivity contribution in [1.82, 2.24) is 4.90 Å². The summed E-state index contributed by atoms with van der Waals surface area (Å²) in [6.45, 7) is 5.54. The second-order valence-electron chi connectivity index (χ2n) is 6.39. The van der Waals surface area contributed by atoms with E-state index in [1.54, 1.807) is 0 Å². The van der Waals surface area contributed by atoms with E-state index >= 15 is 0 Å². The van der Waals surface area contributed by atoms with Crippen molar-refractivity contribution < 1.29 is 9.84 Å². The van der Waals surface area contributed by atoms with Gasteiger partial charge >= 0.3 is 0 Å². The van der Waals surface area contributed by atoms with E-state index in [0.29, 0.717) is 11.3 Å². The van der Waals surface area contributed by atoms with Crippen LogP contribution >= 0.6 is 0 Å². The van der Waals surface area contributed by atoms with Gasteiger partial charge in [0.25, 0.3) is 0 Å². The fourth-order valence-corrected chi connectivity index (χ4v) is 3.88. The van der Waals surface area contributed by atoms with Gasteiger partial charge in [0.2, 0.25) is 0 Å². The molecule has 1 saturated carbocycles. The minimum absolute atomic E-state index is 0.0324. The van der Waals surface area contributed by atoms with Crippen molar-refractivity contribution in [3.63, 3.8) is 0 Å². The van der Waals surface area contributed by atoms with Crippen LogP contribution in [0, 0.1) is 11.3 Å². The van der Waals surface area contributed by atoms with E-state index in [2.05, 4.69) is 4.90 Å². The molecule has 0 aromatic heterocycles. The van der Waals surface area contributed by atoms with Crippen molar-refractivity contribution in [2.75, 3.05) is 32.8 Å². The summed E-state index contributed by atoms with van der Waals surface area (Å²) in [6.07, 6.45) is 7.25. The van der Waals surface area contributed by atoms with Gasteiger partial charge in [0, 0.05) is 38.3 Å². The van der Waals surface area contributed by atoms with E-state index in [4.69, 9.17) is 4.74 Å². The molecule has 0 bridgehead atoms. The molecule has 3 rings (SSSR count).